The summed E-state index contributed by atoms with van der Waals surface area (Å²) < 4.78 is 11.6. The molecule has 7 heavy (non-hydrogen) atoms. The zero-order valence-corrected chi connectivity index (χ0v) is 4.54. The first-order valence-corrected chi connectivity index (χ1v) is 2.95. The van der Waals surface area contributed by atoms with Crippen molar-refractivity contribution in [2.75, 3.05) is 0 Å². The average molecular weight is 116 g/mol. The Hall–Kier alpha value is -0.370. The van der Waals surface area contributed by atoms with Gasteiger partial charge in [0.1, 0.15) is 6.67 Å². The van der Waals surface area contributed by atoms with E-state index in [2.05, 4.69) is 0 Å². The lowest BCUT2D eigenvalue weighted by molar-refractivity contribution is 0.486. The standard InChI is InChI=1S/C5H5FS/c6-3-5-1-2-7-4-5/h1-2,4H,3H2. The second kappa shape index (κ2) is 2.07. The molecule has 0 unspecified atom stereocenters. The van der Waals surface area contributed by atoms with Crippen molar-refractivity contribution in [3.8, 4) is 0 Å². The third-order valence-corrected chi connectivity index (χ3v) is 1.47. The van der Waals surface area contributed by atoms with Gasteiger partial charge in [-0.05, 0) is 22.4 Å². The summed E-state index contributed by atoms with van der Waals surface area (Å²) in [6.07, 6.45) is 0. The van der Waals surface area contributed by atoms with Crippen molar-refractivity contribution >= 4 is 11.3 Å². The normalized spacial score (nSPS) is 9.29. The summed E-state index contributed by atoms with van der Waals surface area (Å²) in [7, 11) is 0. The van der Waals surface area contributed by atoms with Crippen LogP contribution < -0.4 is 0 Å². The van der Waals surface area contributed by atoms with Gasteiger partial charge in [0.15, 0.2) is 0 Å². The van der Waals surface area contributed by atoms with Crippen molar-refractivity contribution in [1.29, 1.82) is 0 Å². The minimum Gasteiger partial charge on any atom is -0.246 e. The van der Waals surface area contributed by atoms with E-state index in [0.29, 0.717) is 0 Å². The zero-order valence-electron chi connectivity index (χ0n) is 3.73. The third-order valence-electron chi connectivity index (χ3n) is 0.734. The summed E-state index contributed by atoms with van der Waals surface area (Å²) in [4.78, 5) is 0. The van der Waals surface area contributed by atoms with E-state index in [1.807, 2.05) is 5.38 Å². The van der Waals surface area contributed by atoms with Crippen LogP contribution in [0.15, 0.2) is 16.8 Å². The van der Waals surface area contributed by atoms with Crippen LogP contribution in [0.25, 0.3) is 0 Å². The molecule has 0 aliphatic carbocycles. The van der Waals surface area contributed by atoms with Gasteiger partial charge >= 0.3 is 0 Å². The summed E-state index contributed by atoms with van der Waals surface area (Å²) in [6, 6.07) is 1.78. The van der Waals surface area contributed by atoms with Crippen LogP contribution in [0.5, 0.6) is 0 Å². The molecule has 0 aliphatic rings. The lowest BCUT2D eigenvalue weighted by atomic mass is 10.4. The lowest BCUT2D eigenvalue weighted by Gasteiger charge is -1.75. The Labute approximate surface area is 45.6 Å². The van der Waals surface area contributed by atoms with Gasteiger partial charge in [0.2, 0.25) is 0 Å². The second-order valence-electron chi connectivity index (χ2n) is 1.27. The Morgan fingerprint density at radius 1 is 1.71 bits per heavy atom. The van der Waals surface area contributed by atoms with Gasteiger partial charge in [-0.25, -0.2) is 4.39 Å². The summed E-state index contributed by atoms with van der Waals surface area (Å²) in [5, 5.41) is 3.68. The Bertz CT molecular complexity index is 123. The van der Waals surface area contributed by atoms with E-state index in [1.165, 1.54) is 11.3 Å². The highest BCUT2D eigenvalue weighted by molar-refractivity contribution is 7.07. The summed E-state index contributed by atoms with van der Waals surface area (Å²) in [5.41, 5.74) is 0.782. The monoisotopic (exact) mass is 116 g/mol. The number of rotatable bonds is 1. The first-order valence-electron chi connectivity index (χ1n) is 2.00. The van der Waals surface area contributed by atoms with Gasteiger partial charge < -0.3 is 0 Å². The Kier molecular flexibility index (Phi) is 1.42. The molecule has 1 aromatic rings. The Balaban J connectivity index is 2.76. The molecule has 2 heteroatoms. The van der Waals surface area contributed by atoms with Gasteiger partial charge in [-0.1, -0.05) is 0 Å². The van der Waals surface area contributed by atoms with E-state index in [-0.39, 0.29) is 6.67 Å². The highest BCUT2D eigenvalue weighted by Gasteiger charge is 1.85. The fourth-order valence-corrected chi connectivity index (χ4v) is 1.02. The molecule has 0 aliphatic heterocycles. The van der Waals surface area contributed by atoms with Gasteiger partial charge in [-0.15, -0.1) is 0 Å². The van der Waals surface area contributed by atoms with E-state index >= 15 is 0 Å². The lowest BCUT2D eigenvalue weighted by Crippen LogP contribution is -1.63. The number of alkyl halides is 1. The average Bonchev–Trinajstić information content (AvgIpc) is 2.14. The van der Waals surface area contributed by atoms with Gasteiger partial charge in [0.25, 0.3) is 0 Å². The first kappa shape index (κ1) is 4.78. The molecule has 38 valence electrons. The van der Waals surface area contributed by atoms with Crippen LogP contribution >= 0.6 is 11.3 Å². The molecule has 1 aromatic heterocycles. The molecule has 0 radical (unpaired) electrons. The van der Waals surface area contributed by atoms with Crippen molar-refractivity contribution in [1.82, 2.24) is 0 Å². The highest BCUT2D eigenvalue weighted by atomic mass is 32.1. The van der Waals surface area contributed by atoms with Gasteiger partial charge in [0.05, 0.1) is 0 Å². The largest absolute Gasteiger partial charge is 0.246 e. The molecule has 1 heterocycles. The first-order chi connectivity index (χ1) is 3.43. The van der Waals surface area contributed by atoms with E-state index in [4.69, 9.17) is 0 Å². The van der Waals surface area contributed by atoms with Gasteiger partial charge in [-0.3, -0.25) is 0 Å². The number of hydrogen-bond donors (Lipinski definition) is 0. The molecule has 0 N–H and O–H groups in total. The molecular formula is C5H5FS. The topological polar surface area (TPSA) is 0 Å². The minimum atomic E-state index is -0.330. The summed E-state index contributed by atoms with van der Waals surface area (Å²) in [6.45, 7) is -0.330. The van der Waals surface area contributed by atoms with Crippen molar-refractivity contribution < 1.29 is 4.39 Å². The van der Waals surface area contributed by atoms with Crippen molar-refractivity contribution in [3.05, 3.63) is 22.4 Å². The molecule has 0 bridgehead atoms. The fourth-order valence-electron chi connectivity index (χ4n) is 0.369. The van der Waals surface area contributed by atoms with E-state index in [9.17, 15) is 4.39 Å². The Morgan fingerprint density at radius 3 is 2.86 bits per heavy atom. The van der Waals surface area contributed by atoms with Crippen molar-refractivity contribution in [3.63, 3.8) is 0 Å². The fraction of sp³-hybridized carbons (Fsp3) is 0.200. The van der Waals surface area contributed by atoms with Crippen LogP contribution in [0.1, 0.15) is 5.56 Å². The van der Waals surface area contributed by atoms with Gasteiger partial charge in [0, 0.05) is 0 Å². The van der Waals surface area contributed by atoms with Crippen LogP contribution in [0.4, 0.5) is 4.39 Å². The number of halogens is 1. The SMILES string of the molecule is FCc1ccsc1. The molecule has 0 nitrogen and oxygen atoms in total. The maximum atomic E-state index is 11.6. The van der Waals surface area contributed by atoms with Crippen LogP contribution in [0.3, 0.4) is 0 Å². The summed E-state index contributed by atoms with van der Waals surface area (Å²) >= 11 is 1.52. The third kappa shape index (κ3) is 0.996. The number of hydrogen-bond acceptors (Lipinski definition) is 1. The zero-order chi connectivity index (χ0) is 5.11. The molecule has 0 saturated heterocycles. The molecule has 0 saturated carbocycles. The van der Waals surface area contributed by atoms with Crippen LogP contribution in [-0.4, -0.2) is 0 Å². The van der Waals surface area contributed by atoms with Gasteiger partial charge in [-0.2, -0.15) is 11.3 Å². The van der Waals surface area contributed by atoms with Crippen molar-refractivity contribution in [2.24, 2.45) is 0 Å². The maximum Gasteiger partial charge on any atom is 0.115 e. The molecule has 0 spiro atoms. The van der Waals surface area contributed by atoms with Crippen LogP contribution in [-0.2, 0) is 6.67 Å². The Morgan fingerprint density at radius 2 is 2.57 bits per heavy atom. The van der Waals surface area contributed by atoms with E-state index in [1.54, 1.807) is 11.4 Å². The van der Waals surface area contributed by atoms with Crippen molar-refractivity contribution in [2.45, 2.75) is 6.67 Å². The smallest absolute Gasteiger partial charge is 0.115 e. The minimum absolute atomic E-state index is 0.330. The van der Waals surface area contributed by atoms with Crippen LogP contribution in [0.2, 0.25) is 0 Å². The molecule has 1 rings (SSSR count). The molecule has 0 atom stereocenters. The van der Waals surface area contributed by atoms with E-state index in [0.717, 1.165) is 5.56 Å². The molecular weight excluding hydrogens is 111 g/mol. The maximum absolute atomic E-state index is 11.6. The van der Waals surface area contributed by atoms with E-state index < -0.39 is 0 Å². The summed E-state index contributed by atoms with van der Waals surface area (Å²) in [5.74, 6) is 0. The molecule has 0 fully saturated rings. The highest BCUT2D eigenvalue weighted by Crippen LogP contribution is 2.05. The second-order valence-corrected chi connectivity index (χ2v) is 2.05. The quantitative estimate of drug-likeness (QED) is 0.527. The molecule has 0 amide bonds. The predicted octanol–water partition coefficient (Wildman–Crippen LogP) is 2.22. The predicted molar refractivity (Wildman–Crippen MR) is 29.1 cm³/mol. The molecule has 0 aromatic carbocycles. The number of thiophene rings is 1. The van der Waals surface area contributed by atoms with Crippen LogP contribution in [0, 0.1) is 0 Å².